The molecule has 0 heterocycles. The SMILES string of the molecule is CC1CCC(CNCc2cccc(C#N)c2)CC1. The van der Waals surface area contributed by atoms with Crippen LogP contribution in [0.4, 0.5) is 0 Å². The zero-order valence-electron chi connectivity index (χ0n) is 11.2. The van der Waals surface area contributed by atoms with E-state index < -0.39 is 0 Å². The Morgan fingerprint density at radius 1 is 1.28 bits per heavy atom. The van der Waals surface area contributed by atoms with Gasteiger partial charge in [0.05, 0.1) is 11.6 Å². The third kappa shape index (κ3) is 3.85. The third-order valence-electron chi connectivity index (χ3n) is 3.95. The monoisotopic (exact) mass is 242 g/mol. The maximum absolute atomic E-state index is 8.85. The van der Waals surface area contributed by atoms with E-state index in [-0.39, 0.29) is 0 Å². The molecule has 2 heteroatoms. The minimum atomic E-state index is 0.751. The van der Waals surface area contributed by atoms with Gasteiger partial charge in [0, 0.05) is 6.54 Å². The normalized spacial score (nSPS) is 23.6. The highest BCUT2D eigenvalue weighted by Crippen LogP contribution is 2.27. The van der Waals surface area contributed by atoms with Crippen LogP contribution in [0.1, 0.15) is 43.7 Å². The van der Waals surface area contributed by atoms with E-state index in [9.17, 15) is 0 Å². The van der Waals surface area contributed by atoms with Crippen molar-refractivity contribution in [2.75, 3.05) is 6.54 Å². The lowest BCUT2D eigenvalue weighted by Crippen LogP contribution is -2.25. The van der Waals surface area contributed by atoms with Crippen LogP contribution >= 0.6 is 0 Å². The van der Waals surface area contributed by atoms with Gasteiger partial charge in [-0.05, 0) is 48.9 Å². The Morgan fingerprint density at radius 2 is 2.06 bits per heavy atom. The molecule has 0 aliphatic heterocycles. The number of rotatable bonds is 4. The standard InChI is InChI=1S/C16H22N2/c1-13-5-7-14(8-6-13)11-18-12-16-4-2-3-15(9-16)10-17/h2-4,9,13-14,18H,5-8,11-12H2,1H3. The average Bonchev–Trinajstić information content (AvgIpc) is 2.41. The molecule has 1 aliphatic rings. The lowest BCUT2D eigenvalue weighted by Gasteiger charge is -2.26. The van der Waals surface area contributed by atoms with E-state index >= 15 is 0 Å². The first kappa shape index (κ1) is 13.1. The summed E-state index contributed by atoms with van der Waals surface area (Å²) in [5.74, 6) is 1.77. The van der Waals surface area contributed by atoms with Gasteiger partial charge in [0.25, 0.3) is 0 Å². The number of nitrogens with zero attached hydrogens (tertiary/aromatic N) is 1. The maximum Gasteiger partial charge on any atom is 0.0991 e. The predicted molar refractivity (Wildman–Crippen MR) is 74.0 cm³/mol. The van der Waals surface area contributed by atoms with Crippen molar-refractivity contribution in [2.45, 2.75) is 39.2 Å². The summed E-state index contributed by atoms with van der Waals surface area (Å²) in [4.78, 5) is 0. The molecule has 0 spiro atoms. The van der Waals surface area contributed by atoms with Crippen LogP contribution in [0.5, 0.6) is 0 Å². The zero-order chi connectivity index (χ0) is 12.8. The maximum atomic E-state index is 8.85. The molecule has 0 radical (unpaired) electrons. The minimum Gasteiger partial charge on any atom is -0.312 e. The van der Waals surface area contributed by atoms with Crippen molar-refractivity contribution in [3.63, 3.8) is 0 Å². The van der Waals surface area contributed by atoms with Gasteiger partial charge in [-0.25, -0.2) is 0 Å². The first-order valence-corrected chi connectivity index (χ1v) is 6.97. The highest BCUT2D eigenvalue weighted by Gasteiger charge is 2.17. The minimum absolute atomic E-state index is 0.751. The molecule has 0 aromatic heterocycles. The van der Waals surface area contributed by atoms with Crippen molar-refractivity contribution >= 4 is 0 Å². The lowest BCUT2D eigenvalue weighted by molar-refractivity contribution is 0.281. The second-order valence-electron chi connectivity index (χ2n) is 5.57. The number of hydrogen-bond acceptors (Lipinski definition) is 2. The molecule has 1 aromatic carbocycles. The number of nitrogens with one attached hydrogen (secondary N) is 1. The van der Waals surface area contributed by atoms with Gasteiger partial charge in [-0.1, -0.05) is 31.9 Å². The second kappa shape index (κ2) is 6.56. The summed E-state index contributed by atoms with van der Waals surface area (Å²) in [6.45, 7) is 4.35. The Kier molecular flexibility index (Phi) is 4.78. The topological polar surface area (TPSA) is 35.8 Å². The van der Waals surface area contributed by atoms with Crippen molar-refractivity contribution in [3.05, 3.63) is 35.4 Å². The molecule has 0 bridgehead atoms. The Balaban J connectivity index is 1.73. The van der Waals surface area contributed by atoms with E-state index in [0.29, 0.717) is 0 Å². The summed E-state index contributed by atoms with van der Waals surface area (Å²) in [5.41, 5.74) is 1.96. The van der Waals surface area contributed by atoms with Crippen LogP contribution in [0.2, 0.25) is 0 Å². The summed E-state index contributed by atoms with van der Waals surface area (Å²) in [5, 5.41) is 12.4. The average molecular weight is 242 g/mol. The second-order valence-corrected chi connectivity index (χ2v) is 5.57. The first-order chi connectivity index (χ1) is 8.78. The Bertz CT molecular complexity index is 411. The summed E-state index contributed by atoms with van der Waals surface area (Å²) in [6.07, 6.45) is 5.51. The summed E-state index contributed by atoms with van der Waals surface area (Å²) < 4.78 is 0. The predicted octanol–water partition coefficient (Wildman–Crippen LogP) is 3.47. The molecular weight excluding hydrogens is 220 g/mol. The molecule has 2 rings (SSSR count). The van der Waals surface area contributed by atoms with Crippen LogP contribution in [0.25, 0.3) is 0 Å². The fraction of sp³-hybridized carbons (Fsp3) is 0.562. The molecule has 0 unspecified atom stereocenters. The van der Waals surface area contributed by atoms with Crippen molar-refractivity contribution in [3.8, 4) is 6.07 Å². The molecule has 0 amide bonds. The van der Waals surface area contributed by atoms with Crippen molar-refractivity contribution in [1.29, 1.82) is 5.26 Å². The summed E-state index contributed by atoms with van der Waals surface area (Å²) in [7, 11) is 0. The van der Waals surface area contributed by atoms with Gasteiger partial charge >= 0.3 is 0 Å². The highest BCUT2D eigenvalue weighted by atomic mass is 14.9. The molecular formula is C16H22N2. The first-order valence-electron chi connectivity index (χ1n) is 6.97. The fourth-order valence-electron chi connectivity index (χ4n) is 2.70. The number of nitriles is 1. The van der Waals surface area contributed by atoms with Crippen LogP contribution in [0, 0.1) is 23.2 Å². The molecule has 1 aromatic rings. The Labute approximate surface area is 110 Å². The summed E-state index contributed by atoms with van der Waals surface area (Å²) in [6, 6.07) is 10.0. The number of hydrogen-bond donors (Lipinski definition) is 1. The van der Waals surface area contributed by atoms with Gasteiger partial charge in [0.1, 0.15) is 0 Å². The van der Waals surface area contributed by atoms with Crippen LogP contribution in [-0.2, 0) is 6.54 Å². The van der Waals surface area contributed by atoms with E-state index in [0.717, 1.165) is 30.5 Å². The van der Waals surface area contributed by atoms with E-state index in [2.05, 4.69) is 24.4 Å². The molecule has 18 heavy (non-hydrogen) atoms. The molecule has 2 nitrogen and oxygen atoms in total. The smallest absolute Gasteiger partial charge is 0.0991 e. The Hall–Kier alpha value is -1.33. The number of benzene rings is 1. The third-order valence-corrected chi connectivity index (χ3v) is 3.95. The molecule has 1 saturated carbocycles. The molecule has 1 fully saturated rings. The van der Waals surface area contributed by atoms with Gasteiger partial charge < -0.3 is 5.32 Å². The van der Waals surface area contributed by atoms with E-state index in [1.165, 1.54) is 31.2 Å². The quantitative estimate of drug-likeness (QED) is 0.877. The van der Waals surface area contributed by atoms with E-state index in [1.807, 2.05) is 18.2 Å². The molecule has 1 aliphatic carbocycles. The summed E-state index contributed by atoms with van der Waals surface area (Å²) >= 11 is 0. The zero-order valence-corrected chi connectivity index (χ0v) is 11.2. The van der Waals surface area contributed by atoms with E-state index in [1.54, 1.807) is 0 Å². The van der Waals surface area contributed by atoms with Gasteiger partial charge in [0.15, 0.2) is 0 Å². The highest BCUT2D eigenvalue weighted by molar-refractivity contribution is 5.32. The van der Waals surface area contributed by atoms with Crippen molar-refractivity contribution in [1.82, 2.24) is 5.32 Å². The van der Waals surface area contributed by atoms with Crippen molar-refractivity contribution < 1.29 is 0 Å². The largest absolute Gasteiger partial charge is 0.312 e. The molecule has 1 N–H and O–H groups in total. The molecule has 96 valence electrons. The van der Waals surface area contributed by atoms with Gasteiger partial charge in [-0.3, -0.25) is 0 Å². The molecule has 0 saturated heterocycles. The van der Waals surface area contributed by atoms with Crippen molar-refractivity contribution in [2.24, 2.45) is 11.8 Å². The van der Waals surface area contributed by atoms with Gasteiger partial charge in [-0.15, -0.1) is 0 Å². The lowest BCUT2D eigenvalue weighted by atomic mass is 9.83. The van der Waals surface area contributed by atoms with Crippen LogP contribution in [-0.4, -0.2) is 6.54 Å². The fourth-order valence-corrected chi connectivity index (χ4v) is 2.70. The molecule has 0 atom stereocenters. The van der Waals surface area contributed by atoms with Crippen LogP contribution in [0.15, 0.2) is 24.3 Å². The van der Waals surface area contributed by atoms with Crippen LogP contribution in [0.3, 0.4) is 0 Å². The van der Waals surface area contributed by atoms with Gasteiger partial charge in [0.2, 0.25) is 0 Å². The van der Waals surface area contributed by atoms with E-state index in [4.69, 9.17) is 5.26 Å². The Morgan fingerprint density at radius 3 is 2.78 bits per heavy atom. The van der Waals surface area contributed by atoms with Crippen LogP contribution < -0.4 is 5.32 Å². The van der Waals surface area contributed by atoms with Gasteiger partial charge in [-0.2, -0.15) is 5.26 Å².